The topological polar surface area (TPSA) is 100 Å². The Hall–Kier alpha value is -2.81. The minimum atomic E-state index is -0.416. The Morgan fingerprint density at radius 2 is 1.80 bits per heavy atom. The van der Waals surface area contributed by atoms with Crippen LogP contribution in [-0.2, 0) is 0 Å². The largest absolute Gasteiger partial charge is 0.364 e. The van der Waals surface area contributed by atoms with E-state index in [2.05, 4.69) is 30.1 Å². The van der Waals surface area contributed by atoms with Crippen LogP contribution < -0.4 is 10.2 Å². The number of rotatable bonds is 7. The van der Waals surface area contributed by atoms with E-state index in [9.17, 15) is 10.1 Å². The molecule has 0 saturated carbocycles. The smallest absolute Gasteiger partial charge is 0.311 e. The molecule has 2 aromatic heterocycles. The summed E-state index contributed by atoms with van der Waals surface area (Å²) in [5, 5.41) is 14.0. The van der Waals surface area contributed by atoms with Gasteiger partial charge in [-0.25, -0.2) is 15.0 Å². The Morgan fingerprint density at radius 3 is 2.52 bits per heavy atom. The summed E-state index contributed by atoms with van der Waals surface area (Å²) in [4.78, 5) is 27.7. The highest BCUT2D eigenvalue weighted by Gasteiger charge is 2.18. The summed E-state index contributed by atoms with van der Waals surface area (Å²) in [5.41, 5.74) is 0.0129. The molecule has 0 aromatic carbocycles. The van der Waals surface area contributed by atoms with Gasteiger partial charge in [0, 0.05) is 57.4 Å². The van der Waals surface area contributed by atoms with Gasteiger partial charge in [-0.15, -0.1) is 0 Å². The van der Waals surface area contributed by atoms with Gasteiger partial charge in [-0.2, -0.15) is 0 Å². The fourth-order valence-electron chi connectivity index (χ4n) is 2.82. The van der Waals surface area contributed by atoms with E-state index in [1.54, 1.807) is 24.7 Å². The predicted octanol–water partition coefficient (Wildman–Crippen LogP) is 1.40. The van der Waals surface area contributed by atoms with E-state index in [0.717, 1.165) is 45.1 Å². The van der Waals surface area contributed by atoms with Gasteiger partial charge < -0.3 is 10.2 Å². The maximum Gasteiger partial charge on any atom is 0.311 e. The molecule has 1 fully saturated rings. The van der Waals surface area contributed by atoms with E-state index in [-0.39, 0.29) is 5.69 Å². The summed E-state index contributed by atoms with van der Waals surface area (Å²) in [7, 11) is 0. The first-order valence-electron chi connectivity index (χ1n) is 8.31. The van der Waals surface area contributed by atoms with Crippen molar-refractivity contribution >= 4 is 17.5 Å². The van der Waals surface area contributed by atoms with Crippen LogP contribution in [-0.4, -0.2) is 64.0 Å². The predicted molar refractivity (Wildman–Crippen MR) is 94.7 cm³/mol. The minimum Gasteiger partial charge on any atom is -0.364 e. The van der Waals surface area contributed by atoms with Crippen molar-refractivity contribution in [3.8, 4) is 0 Å². The van der Waals surface area contributed by atoms with Gasteiger partial charge in [0.2, 0.25) is 11.8 Å². The first-order valence-corrected chi connectivity index (χ1v) is 8.31. The lowest BCUT2D eigenvalue weighted by Crippen LogP contribution is -2.47. The summed E-state index contributed by atoms with van der Waals surface area (Å²) in [5.74, 6) is 1.12. The van der Waals surface area contributed by atoms with Crippen LogP contribution in [0.15, 0.2) is 36.8 Å². The maximum atomic E-state index is 11.0. The molecule has 0 radical (unpaired) electrons. The van der Waals surface area contributed by atoms with Crippen LogP contribution in [0.5, 0.6) is 0 Å². The van der Waals surface area contributed by atoms with Gasteiger partial charge in [-0.1, -0.05) is 0 Å². The second-order valence-corrected chi connectivity index (χ2v) is 5.79. The van der Waals surface area contributed by atoms with Crippen molar-refractivity contribution in [2.75, 3.05) is 49.5 Å². The first kappa shape index (κ1) is 17.0. The van der Waals surface area contributed by atoms with Gasteiger partial charge in [-0.3, -0.25) is 15.0 Å². The lowest BCUT2D eigenvalue weighted by molar-refractivity contribution is -0.384. The van der Waals surface area contributed by atoms with E-state index in [1.807, 2.05) is 6.07 Å². The van der Waals surface area contributed by atoms with Crippen molar-refractivity contribution in [1.82, 2.24) is 19.9 Å². The van der Waals surface area contributed by atoms with E-state index in [1.165, 1.54) is 6.07 Å². The van der Waals surface area contributed by atoms with Crippen molar-refractivity contribution in [2.24, 2.45) is 0 Å². The van der Waals surface area contributed by atoms with Crippen LogP contribution in [0.1, 0.15) is 6.42 Å². The van der Waals surface area contributed by atoms with Crippen LogP contribution in [0.25, 0.3) is 0 Å². The molecule has 0 amide bonds. The van der Waals surface area contributed by atoms with Gasteiger partial charge in [0.15, 0.2) is 0 Å². The van der Waals surface area contributed by atoms with Crippen LogP contribution in [0, 0.1) is 10.1 Å². The maximum absolute atomic E-state index is 11.0. The SMILES string of the molecule is O=[N+]([O-])c1cccnc1NCCCN1CCN(c2ncccn2)CC1. The monoisotopic (exact) mass is 343 g/mol. The number of nitrogens with one attached hydrogen (secondary N) is 1. The molecule has 0 unspecified atom stereocenters. The molecule has 1 aliphatic heterocycles. The third kappa shape index (κ3) is 4.60. The lowest BCUT2D eigenvalue weighted by Gasteiger charge is -2.34. The van der Waals surface area contributed by atoms with Gasteiger partial charge >= 0.3 is 5.69 Å². The summed E-state index contributed by atoms with van der Waals surface area (Å²) >= 11 is 0. The molecule has 0 atom stereocenters. The third-order valence-corrected chi connectivity index (χ3v) is 4.13. The van der Waals surface area contributed by atoms with Gasteiger partial charge in [0.25, 0.3) is 0 Å². The summed E-state index contributed by atoms with van der Waals surface area (Å²) in [6.07, 6.45) is 5.98. The number of aromatic nitrogens is 3. The average molecular weight is 343 g/mol. The zero-order valence-corrected chi connectivity index (χ0v) is 13.9. The lowest BCUT2D eigenvalue weighted by atomic mass is 10.3. The van der Waals surface area contributed by atoms with Crippen LogP contribution in [0.2, 0.25) is 0 Å². The number of pyridine rings is 1. The Kier molecular flexibility index (Phi) is 5.68. The van der Waals surface area contributed by atoms with E-state index < -0.39 is 4.92 Å². The number of nitrogens with zero attached hydrogens (tertiary/aromatic N) is 6. The minimum absolute atomic E-state index is 0.0129. The van der Waals surface area contributed by atoms with Gasteiger partial charge in [-0.05, 0) is 25.1 Å². The molecule has 0 aliphatic carbocycles. The first-order chi connectivity index (χ1) is 12.2. The second kappa shape index (κ2) is 8.34. The Labute approximate surface area is 145 Å². The number of anilines is 2. The highest BCUT2D eigenvalue weighted by molar-refractivity contribution is 5.54. The van der Waals surface area contributed by atoms with Crippen LogP contribution in [0.4, 0.5) is 17.5 Å². The van der Waals surface area contributed by atoms with Crippen LogP contribution >= 0.6 is 0 Å². The Bertz CT molecular complexity index is 690. The molecule has 2 aromatic rings. The zero-order chi connectivity index (χ0) is 17.5. The molecule has 0 bridgehead atoms. The number of hydrogen-bond donors (Lipinski definition) is 1. The quantitative estimate of drug-likeness (QED) is 0.457. The fraction of sp³-hybridized carbons (Fsp3) is 0.438. The molecule has 1 aliphatic rings. The van der Waals surface area contributed by atoms with Crippen molar-refractivity contribution in [3.63, 3.8) is 0 Å². The Morgan fingerprint density at radius 1 is 1.08 bits per heavy atom. The van der Waals surface area contributed by atoms with Crippen molar-refractivity contribution in [3.05, 3.63) is 46.9 Å². The molecule has 132 valence electrons. The van der Waals surface area contributed by atoms with Crippen molar-refractivity contribution < 1.29 is 4.92 Å². The molecule has 25 heavy (non-hydrogen) atoms. The molecule has 3 rings (SSSR count). The van der Waals surface area contributed by atoms with Gasteiger partial charge in [0.05, 0.1) is 4.92 Å². The van der Waals surface area contributed by atoms with Crippen molar-refractivity contribution in [2.45, 2.75) is 6.42 Å². The highest BCUT2D eigenvalue weighted by atomic mass is 16.6. The van der Waals surface area contributed by atoms with Gasteiger partial charge in [0.1, 0.15) is 0 Å². The molecule has 1 saturated heterocycles. The van der Waals surface area contributed by atoms with E-state index >= 15 is 0 Å². The molecular weight excluding hydrogens is 322 g/mol. The standard InChI is InChI=1S/C16H21N7O2/c24-23(25)14-4-1-5-17-15(14)18-8-3-9-21-10-12-22(13-11-21)16-19-6-2-7-20-16/h1-2,4-7H,3,8-13H2,(H,17,18). The molecule has 9 nitrogen and oxygen atoms in total. The summed E-state index contributed by atoms with van der Waals surface area (Å²) < 4.78 is 0. The summed E-state index contributed by atoms with van der Waals surface area (Å²) in [6, 6.07) is 4.85. The molecule has 3 heterocycles. The average Bonchev–Trinajstić information content (AvgIpc) is 2.66. The molecule has 1 N–H and O–H groups in total. The number of piperazine rings is 1. The molecular formula is C16H21N7O2. The third-order valence-electron chi connectivity index (χ3n) is 4.13. The highest BCUT2D eigenvalue weighted by Crippen LogP contribution is 2.20. The van der Waals surface area contributed by atoms with E-state index in [0.29, 0.717) is 12.4 Å². The Balaban J connectivity index is 1.39. The number of nitro groups is 1. The van der Waals surface area contributed by atoms with Crippen molar-refractivity contribution in [1.29, 1.82) is 0 Å². The zero-order valence-electron chi connectivity index (χ0n) is 13.9. The van der Waals surface area contributed by atoms with E-state index in [4.69, 9.17) is 0 Å². The van der Waals surface area contributed by atoms with Crippen LogP contribution in [0.3, 0.4) is 0 Å². The fourth-order valence-corrected chi connectivity index (χ4v) is 2.82. The molecule has 9 heteroatoms. The molecule has 0 spiro atoms. The normalized spacial score (nSPS) is 15.1. The number of hydrogen-bond acceptors (Lipinski definition) is 8. The second-order valence-electron chi connectivity index (χ2n) is 5.79. The summed E-state index contributed by atoms with van der Waals surface area (Å²) in [6.45, 7) is 5.33.